The van der Waals surface area contributed by atoms with Crippen molar-refractivity contribution in [2.45, 2.75) is 33.1 Å². The number of rotatable bonds is 4. The fraction of sp³-hybridized carbons (Fsp3) is 0.750. The van der Waals surface area contributed by atoms with Gasteiger partial charge in [0, 0.05) is 25.1 Å². The third kappa shape index (κ3) is 2.95. The molecule has 0 radical (unpaired) electrons. The Morgan fingerprint density at radius 1 is 1.50 bits per heavy atom. The highest BCUT2D eigenvalue weighted by Crippen LogP contribution is 2.30. The van der Waals surface area contributed by atoms with Crippen molar-refractivity contribution >= 4 is 16.5 Å². The van der Waals surface area contributed by atoms with Crippen molar-refractivity contribution in [2.75, 3.05) is 25.1 Å². The van der Waals surface area contributed by atoms with E-state index in [1.54, 1.807) is 11.3 Å². The van der Waals surface area contributed by atoms with E-state index in [9.17, 15) is 0 Å². The van der Waals surface area contributed by atoms with Crippen LogP contribution in [-0.2, 0) is 11.2 Å². The summed E-state index contributed by atoms with van der Waals surface area (Å²) in [7, 11) is 0. The second-order valence-electron chi connectivity index (χ2n) is 4.77. The molecule has 2 rings (SSSR count). The lowest BCUT2D eigenvalue weighted by Crippen LogP contribution is -2.33. The number of hydrogen-bond acceptors (Lipinski definition) is 4. The Morgan fingerprint density at radius 3 is 2.88 bits per heavy atom. The normalized spacial score (nSPS) is 19.6. The second kappa shape index (κ2) is 5.15. The first-order valence-corrected chi connectivity index (χ1v) is 6.86. The van der Waals surface area contributed by atoms with Crippen molar-refractivity contribution in [1.82, 2.24) is 4.98 Å². The number of nitrogens with zero attached hydrogens (tertiary/aromatic N) is 1. The zero-order valence-corrected chi connectivity index (χ0v) is 10.9. The molecule has 2 heterocycles. The molecule has 1 aromatic heterocycles. The Bertz CT molecular complexity index is 332. The van der Waals surface area contributed by atoms with Gasteiger partial charge in [0.25, 0.3) is 0 Å². The minimum atomic E-state index is 0.371. The van der Waals surface area contributed by atoms with Gasteiger partial charge in [0.1, 0.15) is 0 Å². The third-order valence-corrected chi connectivity index (χ3v) is 4.13. The number of nitrogens with one attached hydrogen (secondary N) is 1. The summed E-state index contributed by atoms with van der Waals surface area (Å²) in [6.45, 7) is 7.27. The van der Waals surface area contributed by atoms with Crippen LogP contribution in [0.15, 0.2) is 5.38 Å². The van der Waals surface area contributed by atoms with Gasteiger partial charge in [0.2, 0.25) is 0 Å². The molecule has 1 saturated heterocycles. The standard InChI is InChI=1S/C12H20N2OS/c1-3-10-8-16-11(14-10)13-9-12(2)4-6-15-7-5-12/h8H,3-7,9H2,1-2H3,(H,13,14). The van der Waals surface area contributed by atoms with Crippen LogP contribution in [0.4, 0.5) is 5.13 Å². The minimum Gasteiger partial charge on any atom is -0.381 e. The molecule has 1 aromatic rings. The van der Waals surface area contributed by atoms with E-state index in [1.807, 2.05) is 0 Å². The van der Waals surface area contributed by atoms with Gasteiger partial charge in [-0.25, -0.2) is 4.98 Å². The third-order valence-electron chi connectivity index (χ3n) is 3.28. The van der Waals surface area contributed by atoms with Crippen LogP contribution >= 0.6 is 11.3 Å². The molecular weight excluding hydrogens is 220 g/mol. The van der Waals surface area contributed by atoms with Crippen molar-refractivity contribution in [1.29, 1.82) is 0 Å². The van der Waals surface area contributed by atoms with Gasteiger partial charge in [-0.15, -0.1) is 11.3 Å². The van der Waals surface area contributed by atoms with E-state index in [-0.39, 0.29) is 0 Å². The SMILES string of the molecule is CCc1csc(NCC2(C)CCOCC2)n1. The molecule has 0 spiro atoms. The highest BCUT2D eigenvalue weighted by molar-refractivity contribution is 7.13. The first-order valence-electron chi connectivity index (χ1n) is 5.98. The maximum Gasteiger partial charge on any atom is 0.182 e. The molecule has 0 unspecified atom stereocenters. The zero-order valence-electron chi connectivity index (χ0n) is 10.1. The summed E-state index contributed by atoms with van der Waals surface area (Å²) in [5, 5.41) is 6.65. The quantitative estimate of drug-likeness (QED) is 0.878. The molecule has 4 heteroatoms. The molecule has 0 amide bonds. The van der Waals surface area contributed by atoms with Crippen LogP contribution in [0.5, 0.6) is 0 Å². The van der Waals surface area contributed by atoms with Crippen LogP contribution in [0.3, 0.4) is 0 Å². The van der Waals surface area contributed by atoms with Gasteiger partial charge in [-0.05, 0) is 24.7 Å². The fourth-order valence-electron chi connectivity index (χ4n) is 1.88. The van der Waals surface area contributed by atoms with Crippen LogP contribution in [0, 0.1) is 5.41 Å². The van der Waals surface area contributed by atoms with Crippen molar-refractivity contribution in [2.24, 2.45) is 5.41 Å². The van der Waals surface area contributed by atoms with E-state index < -0.39 is 0 Å². The number of hydrogen-bond donors (Lipinski definition) is 1. The van der Waals surface area contributed by atoms with E-state index in [0.717, 1.165) is 44.2 Å². The lowest BCUT2D eigenvalue weighted by Gasteiger charge is -2.33. The van der Waals surface area contributed by atoms with E-state index in [0.29, 0.717) is 5.41 Å². The van der Waals surface area contributed by atoms with Crippen molar-refractivity contribution in [3.05, 3.63) is 11.1 Å². The minimum absolute atomic E-state index is 0.371. The fourth-order valence-corrected chi connectivity index (χ4v) is 2.67. The maximum atomic E-state index is 5.40. The van der Waals surface area contributed by atoms with Gasteiger partial charge in [0.05, 0.1) is 5.69 Å². The van der Waals surface area contributed by atoms with Crippen LogP contribution in [0.1, 0.15) is 32.4 Å². The summed E-state index contributed by atoms with van der Waals surface area (Å²) in [4.78, 5) is 4.52. The van der Waals surface area contributed by atoms with Gasteiger partial charge < -0.3 is 10.1 Å². The van der Waals surface area contributed by atoms with Gasteiger partial charge in [0.15, 0.2) is 5.13 Å². The average molecular weight is 240 g/mol. The molecule has 1 fully saturated rings. The Kier molecular flexibility index (Phi) is 3.82. The predicted molar refractivity (Wildman–Crippen MR) is 68.1 cm³/mol. The van der Waals surface area contributed by atoms with Gasteiger partial charge in [-0.3, -0.25) is 0 Å². The molecule has 1 aliphatic rings. The second-order valence-corrected chi connectivity index (χ2v) is 5.63. The summed E-state index contributed by atoms with van der Waals surface area (Å²) >= 11 is 1.71. The largest absolute Gasteiger partial charge is 0.381 e. The number of thiazole rings is 1. The van der Waals surface area contributed by atoms with E-state index in [2.05, 4.69) is 29.5 Å². The Morgan fingerprint density at radius 2 is 2.25 bits per heavy atom. The molecule has 90 valence electrons. The molecule has 0 aliphatic carbocycles. The molecular formula is C12H20N2OS. The Hall–Kier alpha value is -0.610. The summed E-state index contributed by atoms with van der Waals surface area (Å²) in [5.74, 6) is 0. The van der Waals surface area contributed by atoms with E-state index in [1.165, 1.54) is 5.69 Å². The predicted octanol–water partition coefficient (Wildman–Crippen LogP) is 2.93. The van der Waals surface area contributed by atoms with Crippen molar-refractivity contribution in [3.8, 4) is 0 Å². The first-order chi connectivity index (χ1) is 7.72. The van der Waals surface area contributed by atoms with Crippen molar-refractivity contribution in [3.63, 3.8) is 0 Å². The number of ether oxygens (including phenoxy) is 1. The summed E-state index contributed by atoms with van der Waals surface area (Å²) in [6, 6.07) is 0. The number of aromatic nitrogens is 1. The van der Waals surface area contributed by atoms with Crippen molar-refractivity contribution < 1.29 is 4.74 Å². The highest BCUT2D eigenvalue weighted by Gasteiger charge is 2.27. The maximum absolute atomic E-state index is 5.40. The molecule has 1 N–H and O–H groups in total. The van der Waals surface area contributed by atoms with Gasteiger partial charge in [-0.1, -0.05) is 13.8 Å². The van der Waals surface area contributed by atoms with E-state index >= 15 is 0 Å². The molecule has 0 atom stereocenters. The number of aryl methyl sites for hydroxylation is 1. The number of anilines is 1. The average Bonchev–Trinajstić information content (AvgIpc) is 2.75. The summed E-state index contributed by atoms with van der Waals surface area (Å²) < 4.78 is 5.40. The molecule has 0 aromatic carbocycles. The Labute approximate surface area is 101 Å². The van der Waals surface area contributed by atoms with Crippen LogP contribution in [-0.4, -0.2) is 24.7 Å². The van der Waals surface area contributed by atoms with Crippen LogP contribution < -0.4 is 5.32 Å². The summed E-state index contributed by atoms with van der Waals surface area (Å²) in [5.41, 5.74) is 1.56. The first kappa shape index (κ1) is 11.9. The highest BCUT2D eigenvalue weighted by atomic mass is 32.1. The lowest BCUT2D eigenvalue weighted by atomic mass is 9.82. The van der Waals surface area contributed by atoms with Crippen LogP contribution in [0.25, 0.3) is 0 Å². The van der Waals surface area contributed by atoms with Gasteiger partial charge >= 0.3 is 0 Å². The molecule has 16 heavy (non-hydrogen) atoms. The molecule has 1 aliphatic heterocycles. The lowest BCUT2D eigenvalue weighted by molar-refractivity contribution is 0.0300. The summed E-state index contributed by atoms with van der Waals surface area (Å²) in [6.07, 6.45) is 3.31. The van der Waals surface area contributed by atoms with Crippen LogP contribution in [0.2, 0.25) is 0 Å². The smallest absolute Gasteiger partial charge is 0.182 e. The van der Waals surface area contributed by atoms with E-state index in [4.69, 9.17) is 4.74 Å². The molecule has 0 bridgehead atoms. The zero-order chi connectivity index (χ0) is 11.4. The molecule has 3 nitrogen and oxygen atoms in total. The monoisotopic (exact) mass is 240 g/mol. The Balaban J connectivity index is 1.86. The molecule has 0 saturated carbocycles. The van der Waals surface area contributed by atoms with Gasteiger partial charge in [-0.2, -0.15) is 0 Å². The topological polar surface area (TPSA) is 34.1 Å².